The summed E-state index contributed by atoms with van der Waals surface area (Å²) in [6.07, 6.45) is 0. The van der Waals surface area contributed by atoms with Crippen LogP contribution in [0.4, 0.5) is 5.69 Å². The monoisotopic (exact) mass is 604 g/mol. The van der Waals surface area contributed by atoms with Gasteiger partial charge in [0.1, 0.15) is 20.2 Å². The van der Waals surface area contributed by atoms with E-state index in [2.05, 4.69) is 0 Å². The van der Waals surface area contributed by atoms with Crippen LogP contribution in [0.25, 0.3) is 21.9 Å². The molecule has 0 radical (unpaired) electrons. The third-order valence-electron chi connectivity index (χ3n) is 7.29. The molecule has 6 rings (SSSR count). The maximum atomic E-state index is 13.7. The van der Waals surface area contributed by atoms with Gasteiger partial charge in [-0.05, 0) is 55.0 Å². The van der Waals surface area contributed by atoms with Crippen LogP contribution < -0.4 is 4.90 Å². The van der Waals surface area contributed by atoms with Gasteiger partial charge < -0.3 is 9.11 Å². The van der Waals surface area contributed by atoms with E-state index in [0.717, 1.165) is 29.2 Å². The number of hydrogen-bond acceptors (Lipinski definition) is 10. The van der Waals surface area contributed by atoms with Crippen LogP contribution in [0.2, 0.25) is 0 Å². The van der Waals surface area contributed by atoms with Gasteiger partial charge in [0, 0.05) is 51.2 Å². The number of amides is 4. The van der Waals surface area contributed by atoms with Crippen molar-refractivity contribution in [2.45, 2.75) is 16.7 Å². The summed E-state index contributed by atoms with van der Waals surface area (Å²) in [5.74, 6) is -3.07. The first-order valence-corrected chi connectivity index (χ1v) is 14.9. The smallest absolute Gasteiger partial charge is 0.265 e. The first-order chi connectivity index (χ1) is 19.6. The van der Waals surface area contributed by atoms with Crippen molar-refractivity contribution in [1.29, 1.82) is 0 Å². The minimum absolute atomic E-state index is 0.0516. The third kappa shape index (κ3) is 3.88. The Labute approximate surface area is 238 Å². The number of benzene rings is 4. The number of carbonyl (C=O) groups excluding carboxylic acids is 4. The summed E-state index contributed by atoms with van der Waals surface area (Å²) in [5.41, 5.74) is -0.575. The molecule has 4 aromatic carbocycles. The highest BCUT2D eigenvalue weighted by molar-refractivity contribution is 7.86. The SMILES string of the molecule is Cc1ccc(-c2ccc(N3C(=O)c4ccc5c6c(ccc(c46)C3=O)C(=O)N(C)C5=O)cc2S(=O)(=O)[O-])c(S(=O)(=O)[O-])c1. The van der Waals surface area contributed by atoms with Crippen molar-refractivity contribution in [3.05, 3.63) is 88.5 Å². The minimum Gasteiger partial charge on any atom is -0.744 e. The molecule has 12 nitrogen and oxygen atoms in total. The van der Waals surface area contributed by atoms with Crippen LogP contribution in [-0.2, 0) is 20.2 Å². The van der Waals surface area contributed by atoms with Crippen LogP contribution in [0.5, 0.6) is 0 Å². The highest BCUT2D eigenvalue weighted by Crippen LogP contribution is 2.41. The Morgan fingerprint density at radius 1 is 0.548 bits per heavy atom. The van der Waals surface area contributed by atoms with Crippen LogP contribution >= 0.6 is 0 Å². The normalized spacial score (nSPS) is 15.1. The molecule has 0 atom stereocenters. The quantitative estimate of drug-likeness (QED) is 0.247. The molecule has 14 heteroatoms. The zero-order valence-corrected chi connectivity index (χ0v) is 23.2. The Bertz CT molecular complexity index is 2130. The summed E-state index contributed by atoms with van der Waals surface area (Å²) >= 11 is 0. The number of anilines is 1. The molecule has 212 valence electrons. The molecule has 0 unspecified atom stereocenters. The van der Waals surface area contributed by atoms with E-state index in [4.69, 9.17) is 0 Å². The van der Waals surface area contributed by atoms with Gasteiger partial charge in [-0.1, -0.05) is 18.2 Å². The molecule has 0 bridgehead atoms. The second-order valence-corrected chi connectivity index (χ2v) is 12.5. The summed E-state index contributed by atoms with van der Waals surface area (Å²) in [5, 5.41) is 0.229. The van der Waals surface area contributed by atoms with Gasteiger partial charge in [0.15, 0.2) is 0 Å². The molecule has 0 N–H and O–H groups in total. The zero-order chi connectivity index (χ0) is 30.5. The largest absolute Gasteiger partial charge is 0.744 e. The van der Waals surface area contributed by atoms with E-state index in [1.807, 2.05) is 0 Å². The molecule has 0 aromatic heterocycles. The molecule has 4 aromatic rings. The van der Waals surface area contributed by atoms with Gasteiger partial charge in [-0.15, -0.1) is 0 Å². The van der Waals surface area contributed by atoms with E-state index in [1.54, 1.807) is 0 Å². The van der Waals surface area contributed by atoms with E-state index >= 15 is 0 Å². The maximum Gasteiger partial charge on any atom is 0.265 e. The molecule has 0 spiro atoms. The fourth-order valence-corrected chi connectivity index (χ4v) is 6.86. The highest BCUT2D eigenvalue weighted by Gasteiger charge is 2.39. The molecule has 0 aliphatic carbocycles. The average molecular weight is 605 g/mol. The molecule has 0 fully saturated rings. The van der Waals surface area contributed by atoms with Crippen LogP contribution in [0.1, 0.15) is 47.0 Å². The standard InChI is InChI=1S/C28H18N2O10S2/c1-13-3-5-15(21(11-13)41(35,36)37)16-6-4-14(12-22(16)42(38,39)40)30-27(33)19-9-7-17-23-18(26(32)29(2)25(17)31)8-10-20(24(19)23)28(30)34/h3-12H,1-2H3,(H,35,36,37)(H,38,39,40)/p-2. The molecule has 2 aliphatic rings. The molecule has 0 saturated heterocycles. The van der Waals surface area contributed by atoms with Crippen molar-refractivity contribution in [1.82, 2.24) is 4.90 Å². The van der Waals surface area contributed by atoms with Crippen molar-refractivity contribution >= 4 is 60.3 Å². The lowest BCUT2D eigenvalue weighted by Crippen LogP contribution is -2.42. The number of aryl methyl sites for hydroxylation is 1. The van der Waals surface area contributed by atoms with Crippen molar-refractivity contribution < 1.29 is 45.1 Å². The van der Waals surface area contributed by atoms with E-state index < -0.39 is 59.2 Å². The summed E-state index contributed by atoms with van der Waals surface area (Å²) in [6, 6.07) is 11.9. The predicted molar refractivity (Wildman–Crippen MR) is 144 cm³/mol. The number of imide groups is 2. The van der Waals surface area contributed by atoms with Crippen molar-refractivity contribution in [2.75, 3.05) is 11.9 Å². The Balaban J connectivity index is 1.56. The number of hydrogen-bond donors (Lipinski definition) is 0. The van der Waals surface area contributed by atoms with Gasteiger partial charge in [-0.2, -0.15) is 0 Å². The van der Waals surface area contributed by atoms with Gasteiger partial charge in [-0.25, -0.2) is 21.7 Å². The summed E-state index contributed by atoms with van der Waals surface area (Å²) in [7, 11) is -9.15. The lowest BCUT2D eigenvalue weighted by molar-refractivity contribution is 0.0649. The van der Waals surface area contributed by atoms with Crippen LogP contribution in [0, 0.1) is 6.92 Å². The number of carbonyl (C=O) groups is 4. The third-order valence-corrected chi connectivity index (χ3v) is 9.04. The average Bonchev–Trinajstić information content (AvgIpc) is 2.92. The Hall–Kier alpha value is -4.76. The highest BCUT2D eigenvalue weighted by atomic mass is 32.2. The van der Waals surface area contributed by atoms with E-state index in [9.17, 15) is 45.1 Å². The molecule has 2 aliphatic heterocycles. The van der Waals surface area contributed by atoms with E-state index in [1.165, 1.54) is 50.4 Å². The van der Waals surface area contributed by atoms with Gasteiger partial charge >= 0.3 is 0 Å². The van der Waals surface area contributed by atoms with Crippen molar-refractivity contribution in [3.63, 3.8) is 0 Å². The fourth-order valence-electron chi connectivity index (χ4n) is 5.37. The van der Waals surface area contributed by atoms with Gasteiger partial charge in [-0.3, -0.25) is 24.1 Å². The topological polar surface area (TPSA) is 189 Å². The molecular weight excluding hydrogens is 588 g/mol. The molecule has 42 heavy (non-hydrogen) atoms. The zero-order valence-electron chi connectivity index (χ0n) is 21.6. The Kier molecular flexibility index (Phi) is 5.79. The van der Waals surface area contributed by atoms with Crippen LogP contribution in [0.15, 0.2) is 70.5 Å². The summed E-state index contributed by atoms with van der Waals surface area (Å²) in [6.45, 7) is 1.51. The molecule has 2 heterocycles. The summed E-state index contributed by atoms with van der Waals surface area (Å²) in [4.78, 5) is 52.7. The lowest BCUT2D eigenvalue weighted by atomic mass is 9.86. The van der Waals surface area contributed by atoms with E-state index in [-0.39, 0.29) is 44.3 Å². The molecular formula is C28H16N2O10S2-2. The lowest BCUT2D eigenvalue weighted by Gasteiger charge is -2.31. The second kappa shape index (κ2) is 8.87. The predicted octanol–water partition coefficient (Wildman–Crippen LogP) is 2.65. The van der Waals surface area contributed by atoms with Gasteiger partial charge in [0.05, 0.1) is 15.5 Å². The Morgan fingerprint density at radius 3 is 1.38 bits per heavy atom. The van der Waals surface area contributed by atoms with E-state index in [0.29, 0.717) is 10.5 Å². The van der Waals surface area contributed by atoms with Gasteiger partial charge in [0.2, 0.25) is 0 Å². The van der Waals surface area contributed by atoms with Crippen molar-refractivity contribution in [2.24, 2.45) is 0 Å². The van der Waals surface area contributed by atoms with Gasteiger partial charge in [0.25, 0.3) is 23.6 Å². The minimum atomic E-state index is -5.35. The first kappa shape index (κ1) is 27.4. The summed E-state index contributed by atoms with van der Waals surface area (Å²) < 4.78 is 73.0. The second-order valence-electron chi connectivity index (χ2n) is 9.77. The first-order valence-electron chi connectivity index (χ1n) is 12.1. The Morgan fingerprint density at radius 2 is 0.929 bits per heavy atom. The van der Waals surface area contributed by atoms with Crippen molar-refractivity contribution in [3.8, 4) is 11.1 Å². The number of rotatable bonds is 4. The fraction of sp³-hybridized carbons (Fsp3) is 0.0714. The maximum absolute atomic E-state index is 13.7. The van der Waals surface area contributed by atoms with Crippen LogP contribution in [0.3, 0.4) is 0 Å². The molecule has 4 amide bonds. The molecule has 0 saturated carbocycles. The van der Waals surface area contributed by atoms with Crippen LogP contribution in [-0.4, -0.2) is 61.5 Å². The number of nitrogens with zero attached hydrogens (tertiary/aromatic N) is 2.